The van der Waals surface area contributed by atoms with Gasteiger partial charge in [0.15, 0.2) is 11.5 Å². The maximum absolute atomic E-state index is 6.04. The lowest BCUT2D eigenvalue weighted by Crippen LogP contribution is -2.26. The van der Waals surface area contributed by atoms with Gasteiger partial charge in [-0.15, -0.1) is 0 Å². The van der Waals surface area contributed by atoms with Gasteiger partial charge in [0, 0.05) is 23.1 Å². The van der Waals surface area contributed by atoms with Gasteiger partial charge in [0.1, 0.15) is 24.2 Å². The van der Waals surface area contributed by atoms with Crippen molar-refractivity contribution in [1.29, 1.82) is 0 Å². The van der Waals surface area contributed by atoms with E-state index in [0.29, 0.717) is 29.0 Å². The van der Waals surface area contributed by atoms with Crippen LogP contribution in [0.15, 0.2) is 47.9 Å². The topological polar surface area (TPSA) is 94.1 Å². The largest absolute Gasteiger partial charge is 0.339 e. The van der Waals surface area contributed by atoms with Crippen LogP contribution < -0.4 is 10.7 Å². The summed E-state index contributed by atoms with van der Waals surface area (Å²) in [5.74, 6) is 1.31. The highest BCUT2D eigenvalue weighted by Gasteiger charge is 2.14. The molecule has 1 aliphatic rings. The lowest BCUT2D eigenvalue weighted by Gasteiger charge is -2.21. The summed E-state index contributed by atoms with van der Waals surface area (Å²) in [7, 11) is 0. The summed E-state index contributed by atoms with van der Waals surface area (Å²) in [5.41, 5.74) is 4.60. The number of aromatic amines is 1. The number of hydrazine groups is 1. The molecule has 9 heteroatoms. The molecule has 8 nitrogen and oxygen atoms in total. The summed E-state index contributed by atoms with van der Waals surface area (Å²) in [6, 6.07) is 7.42. The maximum Gasteiger partial charge on any atom is 0.188 e. The lowest BCUT2D eigenvalue weighted by molar-refractivity contribution is 0.459. The summed E-state index contributed by atoms with van der Waals surface area (Å²) in [4.78, 5) is 12.7. The number of halogens is 1. The van der Waals surface area contributed by atoms with Crippen molar-refractivity contribution in [3.63, 3.8) is 0 Å². The minimum absolute atomic E-state index is 0.502. The van der Waals surface area contributed by atoms with Crippen LogP contribution in [0.25, 0.3) is 11.0 Å². The van der Waals surface area contributed by atoms with Crippen LogP contribution in [0.4, 0.5) is 17.3 Å². The number of benzene rings is 1. The summed E-state index contributed by atoms with van der Waals surface area (Å²) < 4.78 is 0. The molecular formula is C15H13ClN8. The predicted octanol–water partition coefficient (Wildman–Crippen LogP) is 2.93. The first-order chi connectivity index (χ1) is 11.8. The first kappa shape index (κ1) is 14.5. The number of hydrogen-bond donors (Lipinski definition) is 3. The molecular weight excluding hydrogens is 328 g/mol. The van der Waals surface area contributed by atoms with Gasteiger partial charge in [0.2, 0.25) is 0 Å². The highest BCUT2D eigenvalue weighted by Crippen LogP contribution is 2.28. The number of rotatable bonds is 4. The molecule has 0 saturated carbocycles. The minimum atomic E-state index is 0.502. The number of nitrogens with one attached hydrogen (secondary N) is 3. The van der Waals surface area contributed by atoms with E-state index in [1.807, 2.05) is 41.6 Å². The second kappa shape index (κ2) is 6.17. The molecule has 1 aromatic carbocycles. The average Bonchev–Trinajstić information content (AvgIpc) is 3.00. The van der Waals surface area contributed by atoms with Crippen molar-refractivity contribution in [3.05, 3.63) is 47.9 Å². The number of fused-ring (bicyclic) bond motifs is 1. The number of anilines is 3. The number of aromatic nitrogens is 4. The molecule has 3 heterocycles. The Balaban J connectivity index is 1.69. The van der Waals surface area contributed by atoms with Gasteiger partial charge in [-0.25, -0.2) is 9.97 Å². The van der Waals surface area contributed by atoms with Crippen molar-refractivity contribution in [1.82, 2.24) is 25.2 Å². The molecule has 0 spiro atoms. The van der Waals surface area contributed by atoms with Gasteiger partial charge in [0.05, 0.1) is 0 Å². The van der Waals surface area contributed by atoms with Gasteiger partial charge in [0.25, 0.3) is 0 Å². The van der Waals surface area contributed by atoms with Crippen molar-refractivity contribution in [2.75, 3.05) is 17.4 Å². The van der Waals surface area contributed by atoms with E-state index in [4.69, 9.17) is 11.6 Å². The van der Waals surface area contributed by atoms with Crippen LogP contribution in [-0.4, -0.2) is 38.1 Å². The molecule has 0 fully saturated rings. The number of aliphatic imine (C=N–C) groups is 1. The van der Waals surface area contributed by atoms with Crippen LogP contribution in [0.1, 0.15) is 0 Å². The Morgan fingerprint density at radius 2 is 2.21 bits per heavy atom. The fourth-order valence-electron chi connectivity index (χ4n) is 2.34. The fraction of sp³-hybridized carbons (Fsp3) is 0.0667. The zero-order chi connectivity index (χ0) is 16.4. The summed E-state index contributed by atoms with van der Waals surface area (Å²) >= 11 is 6.04. The average molecular weight is 341 g/mol. The second-order valence-electron chi connectivity index (χ2n) is 5.05. The fourth-order valence-corrected chi connectivity index (χ4v) is 2.53. The predicted molar refractivity (Wildman–Crippen MR) is 94.4 cm³/mol. The molecule has 120 valence electrons. The molecule has 1 aliphatic heterocycles. The molecule has 0 atom stereocenters. The second-order valence-corrected chi connectivity index (χ2v) is 5.49. The quantitative estimate of drug-likeness (QED) is 0.676. The number of hydrogen-bond acceptors (Lipinski definition) is 7. The number of allylic oxidation sites excluding steroid dienone is 1. The Bertz CT molecular complexity index is 932. The van der Waals surface area contributed by atoms with Crippen molar-refractivity contribution < 1.29 is 0 Å². The monoisotopic (exact) mass is 340 g/mol. The van der Waals surface area contributed by atoms with Gasteiger partial charge in [-0.3, -0.25) is 20.5 Å². The Kier molecular flexibility index (Phi) is 3.72. The van der Waals surface area contributed by atoms with Crippen molar-refractivity contribution in [2.24, 2.45) is 4.99 Å². The molecule has 0 unspecified atom stereocenters. The normalized spacial score (nSPS) is 13.5. The van der Waals surface area contributed by atoms with Crippen LogP contribution in [0, 0.1) is 0 Å². The maximum atomic E-state index is 6.04. The van der Waals surface area contributed by atoms with E-state index in [0.717, 1.165) is 11.1 Å². The van der Waals surface area contributed by atoms with Crippen LogP contribution in [0.3, 0.4) is 0 Å². The highest BCUT2D eigenvalue weighted by molar-refractivity contribution is 6.30. The van der Waals surface area contributed by atoms with Gasteiger partial charge in [-0.1, -0.05) is 17.7 Å². The standard InChI is InChI=1S/C15H13ClN8/c16-10-3-1-4-11(7-10)20-13-12-14(19-8-18-13)21-22-15(12)23-24-6-2-5-17-9-24/h1-8H,9H2,(H3,18,19,20,21,22,23). The number of nitrogens with zero attached hydrogens (tertiary/aromatic N) is 5. The van der Waals surface area contributed by atoms with Crippen LogP contribution in [-0.2, 0) is 0 Å². The van der Waals surface area contributed by atoms with E-state index in [1.54, 1.807) is 6.21 Å². The van der Waals surface area contributed by atoms with Crippen LogP contribution in [0.5, 0.6) is 0 Å². The molecule has 4 rings (SSSR count). The van der Waals surface area contributed by atoms with E-state index < -0.39 is 0 Å². The Hall–Kier alpha value is -3.13. The smallest absolute Gasteiger partial charge is 0.188 e. The lowest BCUT2D eigenvalue weighted by atomic mass is 10.3. The highest BCUT2D eigenvalue weighted by atomic mass is 35.5. The summed E-state index contributed by atoms with van der Waals surface area (Å²) in [6.07, 6.45) is 6.94. The Labute approximate surface area is 142 Å². The van der Waals surface area contributed by atoms with Gasteiger partial charge in [-0.2, -0.15) is 5.10 Å². The van der Waals surface area contributed by atoms with Gasteiger partial charge >= 0.3 is 0 Å². The third-order valence-corrected chi connectivity index (χ3v) is 3.62. The van der Waals surface area contributed by atoms with E-state index in [1.165, 1.54) is 6.33 Å². The van der Waals surface area contributed by atoms with E-state index in [-0.39, 0.29) is 0 Å². The van der Waals surface area contributed by atoms with Crippen molar-refractivity contribution >= 4 is 46.2 Å². The van der Waals surface area contributed by atoms with E-state index >= 15 is 0 Å². The molecule has 3 aromatic rings. The van der Waals surface area contributed by atoms with Gasteiger partial charge in [-0.05, 0) is 24.3 Å². The summed E-state index contributed by atoms with van der Waals surface area (Å²) in [5, 5.41) is 13.6. The zero-order valence-corrected chi connectivity index (χ0v) is 13.2. The third-order valence-electron chi connectivity index (χ3n) is 3.39. The van der Waals surface area contributed by atoms with Crippen molar-refractivity contribution in [3.8, 4) is 0 Å². The third kappa shape index (κ3) is 2.86. The Morgan fingerprint density at radius 1 is 1.25 bits per heavy atom. The first-order valence-electron chi connectivity index (χ1n) is 7.21. The molecule has 24 heavy (non-hydrogen) atoms. The SMILES string of the molecule is Clc1cccc(Nc2ncnc3n[nH]c(NN4C=CC=NC4)c23)c1. The number of H-pyrrole nitrogens is 1. The minimum Gasteiger partial charge on any atom is -0.339 e. The molecule has 3 N–H and O–H groups in total. The first-order valence-corrected chi connectivity index (χ1v) is 7.59. The van der Waals surface area contributed by atoms with Crippen LogP contribution in [0.2, 0.25) is 5.02 Å². The zero-order valence-electron chi connectivity index (χ0n) is 12.4. The van der Waals surface area contributed by atoms with Crippen LogP contribution >= 0.6 is 11.6 Å². The molecule has 0 radical (unpaired) electrons. The molecule has 0 amide bonds. The molecule has 0 aliphatic carbocycles. The van der Waals surface area contributed by atoms with Gasteiger partial charge < -0.3 is 5.32 Å². The van der Waals surface area contributed by atoms with Crippen molar-refractivity contribution in [2.45, 2.75) is 0 Å². The molecule has 0 bridgehead atoms. The van der Waals surface area contributed by atoms with E-state index in [2.05, 4.69) is 35.9 Å². The Morgan fingerprint density at radius 3 is 3.04 bits per heavy atom. The summed E-state index contributed by atoms with van der Waals surface area (Å²) in [6.45, 7) is 0.502. The molecule has 2 aromatic heterocycles. The van der Waals surface area contributed by atoms with E-state index in [9.17, 15) is 0 Å². The molecule has 0 saturated heterocycles.